The van der Waals surface area contributed by atoms with Gasteiger partial charge in [-0.25, -0.2) is 4.39 Å². The second-order valence-corrected chi connectivity index (χ2v) is 7.08. The van der Waals surface area contributed by atoms with Crippen molar-refractivity contribution < 1.29 is 23.9 Å². The summed E-state index contributed by atoms with van der Waals surface area (Å²) in [5.41, 5.74) is 0.939. The van der Waals surface area contributed by atoms with Crippen molar-refractivity contribution in [2.75, 3.05) is 26.2 Å². The van der Waals surface area contributed by atoms with Gasteiger partial charge < -0.3 is 14.9 Å². The lowest BCUT2D eigenvalue weighted by Gasteiger charge is -2.32. The summed E-state index contributed by atoms with van der Waals surface area (Å²) in [4.78, 5) is 39.3. The molecule has 7 heteroatoms. The van der Waals surface area contributed by atoms with Crippen molar-refractivity contribution in [1.82, 2.24) is 9.80 Å². The Bertz CT molecular complexity index is 691. The molecule has 26 heavy (non-hydrogen) atoms. The van der Waals surface area contributed by atoms with E-state index in [1.54, 1.807) is 21.9 Å². The van der Waals surface area contributed by atoms with Gasteiger partial charge in [-0.3, -0.25) is 14.4 Å². The number of carboxylic acids is 1. The van der Waals surface area contributed by atoms with Gasteiger partial charge in [0.1, 0.15) is 5.82 Å². The largest absolute Gasteiger partial charge is 0.481 e. The molecule has 0 radical (unpaired) electrons. The quantitative estimate of drug-likeness (QED) is 0.862. The van der Waals surface area contributed by atoms with Gasteiger partial charge in [-0.05, 0) is 37.0 Å². The Hall–Kier alpha value is -2.44. The summed E-state index contributed by atoms with van der Waals surface area (Å²) in [5, 5.41) is 9.16. The molecule has 2 heterocycles. The van der Waals surface area contributed by atoms with Crippen molar-refractivity contribution in [3.8, 4) is 0 Å². The van der Waals surface area contributed by atoms with E-state index in [-0.39, 0.29) is 30.6 Å². The average molecular weight is 362 g/mol. The van der Waals surface area contributed by atoms with Gasteiger partial charge in [0.15, 0.2) is 0 Å². The maximum Gasteiger partial charge on any atom is 0.308 e. The number of carboxylic acid groups (broad SMARTS) is 1. The Morgan fingerprint density at radius 3 is 2.58 bits per heavy atom. The molecule has 2 fully saturated rings. The molecule has 1 aromatic rings. The fourth-order valence-corrected chi connectivity index (χ4v) is 3.71. The normalized spacial score (nSPS) is 23.3. The second kappa shape index (κ2) is 7.85. The third kappa shape index (κ3) is 4.20. The Morgan fingerprint density at radius 2 is 1.88 bits per heavy atom. The topological polar surface area (TPSA) is 77.9 Å². The highest BCUT2D eigenvalue weighted by atomic mass is 19.1. The molecule has 0 unspecified atom stereocenters. The zero-order valence-corrected chi connectivity index (χ0v) is 14.6. The molecule has 2 amide bonds. The number of benzene rings is 1. The highest BCUT2D eigenvalue weighted by Crippen LogP contribution is 2.24. The minimum Gasteiger partial charge on any atom is -0.481 e. The number of piperidine rings is 1. The van der Waals surface area contributed by atoms with E-state index in [9.17, 15) is 18.8 Å². The first-order valence-electron chi connectivity index (χ1n) is 8.98. The predicted molar refractivity (Wildman–Crippen MR) is 91.7 cm³/mol. The summed E-state index contributed by atoms with van der Waals surface area (Å²) in [6.45, 7) is 1.65. The summed E-state index contributed by atoms with van der Waals surface area (Å²) in [6.07, 6.45) is 2.05. The van der Waals surface area contributed by atoms with E-state index >= 15 is 0 Å². The van der Waals surface area contributed by atoms with E-state index < -0.39 is 17.8 Å². The Morgan fingerprint density at radius 1 is 1.15 bits per heavy atom. The molecule has 0 spiro atoms. The minimum absolute atomic E-state index is 0.0581. The van der Waals surface area contributed by atoms with Gasteiger partial charge in [0, 0.05) is 32.6 Å². The minimum atomic E-state index is -0.870. The summed E-state index contributed by atoms with van der Waals surface area (Å²) in [7, 11) is 0. The summed E-state index contributed by atoms with van der Waals surface area (Å²) < 4.78 is 12.9. The number of halogens is 1. The molecule has 1 aromatic carbocycles. The van der Waals surface area contributed by atoms with E-state index in [0.717, 1.165) is 5.56 Å². The molecule has 6 nitrogen and oxygen atoms in total. The molecule has 3 rings (SSSR count). The van der Waals surface area contributed by atoms with Crippen LogP contribution in [0, 0.1) is 17.7 Å². The Balaban J connectivity index is 1.54. The van der Waals surface area contributed by atoms with Crippen LogP contribution in [-0.2, 0) is 20.8 Å². The number of hydrogen-bond acceptors (Lipinski definition) is 3. The van der Waals surface area contributed by atoms with E-state index in [0.29, 0.717) is 38.9 Å². The van der Waals surface area contributed by atoms with Gasteiger partial charge in [0.2, 0.25) is 11.8 Å². The first-order valence-corrected chi connectivity index (χ1v) is 8.98. The zero-order chi connectivity index (χ0) is 18.7. The first kappa shape index (κ1) is 18.4. The Kier molecular flexibility index (Phi) is 5.54. The van der Waals surface area contributed by atoms with Crippen LogP contribution in [0.2, 0.25) is 0 Å². The van der Waals surface area contributed by atoms with Gasteiger partial charge >= 0.3 is 5.97 Å². The van der Waals surface area contributed by atoms with Gasteiger partial charge in [0.05, 0.1) is 11.8 Å². The SMILES string of the molecule is O=C(O)[C@@H]1CCCN(C(=O)[C@@H]2CC(=O)N(CCc3ccc(F)cc3)C2)C1. The number of rotatable bonds is 5. The lowest BCUT2D eigenvalue weighted by molar-refractivity contribution is -0.146. The lowest BCUT2D eigenvalue weighted by Crippen LogP contribution is -2.45. The van der Waals surface area contributed by atoms with Crippen LogP contribution in [0.25, 0.3) is 0 Å². The number of hydrogen-bond donors (Lipinski definition) is 1. The number of aliphatic carboxylic acids is 1. The summed E-state index contributed by atoms with van der Waals surface area (Å²) in [5.74, 6) is -2.25. The van der Waals surface area contributed by atoms with Gasteiger partial charge in [-0.2, -0.15) is 0 Å². The number of likely N-dealkylation sites (tertiary alicyclic amines) is 2. The van der Waals surface area contributed by atoms with Crippen molar-refractivity contribution in [3.05, 3.63) is 35.6 Å². The highest BCUT2D eigenvalue weighted by Gasteiger charge is 2.38. The van der Waals surface area contributed by atoms with Crippen molar-refractivity contribution in [2.24, 2.45) is 11.8 Å². The molecule has 2 atom stereocenters. The molecule has 2 aliphatic heterocycles. The Labute approximate surface area is 151 Å². The highest BCUT2D eigenvalue weighted by molar-refractivity contribution is 5.89. The molecular weight excluding hydrogens is 339 g/mol. The maximum atomic E-state index is 12.9. The van der Waals surface area contributed by atoms with Crippen molar-refractivity contribution in [1.29, 1.82) is 0 Å². The van der Waals surface area contributed by atoms with Crippen LogP contribution in [0.1, 0.15) is 24.8 Å². The molecule has 0 aromatic heterocycles. The fraction of sp³-hybridized carbons (Fsp3) is 0.526. The predicted octanol–water partition coefficient (Wildman–Crippen LogP) is 1.54. The molecular formula is C19H23FN2O4. The third-order valence-corrected chi connectivity index (χ3v) is 5.23. The van der Waals surface area contributed by atoms with E-state index in [4.69, 9.17) is 5.11 Å². The zero-order valence-electron chi connectivity index (χ0n) is 14.6. The molecule has 0 saturated carbocycles. The molecule has 2 saturated heterocycles. The average Bonchev–Trinajstić information content (AvgIpc) is 3.01. The summed E-state index contributed by atoms with van der Waals surface area (Å²) >= 11 is 0. The maximum absolute atomic E-state index is 12.9. The third-order valence-electron chi connectivity index (χ3n) is 5.23. The molecule has 140 valence electrons. The van der Waals surface area contributed by atoms with Gasteiger partial charge in [0.25, 0.3) is 0 Å². The number of amides is 2. The van der Waals surface area contributed by atoms with E-state index in [1.165, 1.54) is 12.1 Å². The van der Waals surface area contributed by atoms with Crippen LogP contribution < -0.4 is 0 Å². The summed E-state index contributed by atoms with van der Waals surface area (Å²) in [6, 6.07) is 6.17. The first-order chi connectivity index (χ1) is 12.4. The number of nitrogens with zero attached hydrogens (tertiary/aromatic N) is 2. The monoisotopic (exact) mass is 362 g/mol. The standard InChI is InChI=1S/C19H23FN2O4/c20-16-5-3-13(4-6-16)7-9-21-12-15(10-17(21)23)18(24)22-8-1-2-14(11-22)19(25)26/h3-6,14-15H,1-2,7-12H2,(H,25,26)/t14-,15-/m1/s1. The van der Waals surface area contributed by atoms with Crippen LogP contribution in [0.15, 0.2) is 24.3 Å². The van der Waals surface area contributed by atoms with Crippen molar-refractivity contribution in [3.63, 3.8) is 0 Å². The van der Waals surface area contributed by atoms with Crippen LogP contribution >= 0.6 is 0 Å². The molecule has 0 bridgehead atoms. The van der Waals surface area contributed by atoms with E-state index in [1.807, 2.05) is 0 Å². The second-order valence-electron chi connectivity index (χ2n) is 7.08. The molecule has 1 N–H and O–H groups in total. The van der Waals surface area contributed by atoms with Crippen LogP contribution in [0.4, 0.5) is 4.39 Å². The van der Waals surface area contributed by atoms with Crippen LogP contribution in [0.3, 0.4) is 0 Å². The number of carbonyl (C=O) groups is 3. The fourth-order valence-electron chi connectivity index (χ4n) is 3.71. The van der Waals surface area contributed by atoms with Crippen molar-refractivity contribution in [2.45, 2.75) is 25.7 Å². The van der Waals surface area contributed by atoms with Gasteiger partial charge in [-0.1, -0.05) is 12.1 Å². The lowest BCUT2D eigenvalue weighted by atomic mass is 9.96. The van der Waals surface area contributed by atoms with Crippen molar-refractivity contribution >= 4 is 17.8 Å². The smallest absolute Gasteiger partial charge is 0.308 e. The van der Waals surface area contributed by atoms with E-state index in [2.05, 4.69) is 0 Å². The van der Waals surface area contributed by atoms with Crippen LogP contribution in [0.5, 0.6) is 0 Å². The van der Waals surface area contributed by atoms with Gasteiger partial charge in [-0.15, -0.1) is 0 Å². The molecule has 0 aliphatic carbocycles. The molecule has 2 aliphatic rings. The number of carbonyl (C=O) groups excluding carboxylic acids is 2. The van der Waals surface area contributed by atoms with Crippen LogP contribution in [-0.4, -0.2) is 58.9 Å².